The number of Topliss-reactive ketones (excluding diaryl/α,β-unsaturated/α-hetero) is 1. The number of nitrogens with zero attached hydrogens (tertiary/aromatic N) is 2. The van der Waals surface area contributed by atoms with E-state index in [9.17, 15) is 4.79 Å². The fourth-order valence-corrected chi connectivity index (χ4v) is 0.662. The minimum Gasteiger partial charge on any atom is -0.461 e. The van der Waals surface area contributed by atoms with Gasteiger partial charge >= 0.3 is 0 Å². The molecule has 1 heterocycles. The molecule has 0 saturated heterocycles. The summed E-state index contributed by atoms with van der Waals surface area (Å²) in [5.74, 6) is 0.0812. The van der Waals surface area contributed by atoms with Crippen molar-refractivity contribution >= 4 is 12.0 Å². The highest BCUT2D eigenvalue weighted by Gasteiger charge is 2.07. The first-order valence-corrected chi connectivity index (χ1v) is 3.07. The summed E-state index contributed by atoms with van der Waals surface area (Å²) in [4.78, 5) is 13.7. The van der Waals surface area contributed by atoms with Crippen LogP contribution in [0.5, 0.6) is 0 Å². The topological polar surface area (TPSA) is 66.6 Å². The van der Waals surface area contributed by atoms with Crippen molar-refractivity contribution in [1.29, 1.82) is 0 Å². The Morgan fingerprint density at radius 3 is 3.18 bits per heavy atom. The Morgan fingerprint density at radius 1 is 1.82 bits per heavy atom. The third-order valence-corrected chi connectivity index (χ3v) is 1.15. The smallest absolute Gasteiger partial charge is 0.265 e. The molecule has 0 spiro atoms. The molecule has 0 bridgehead atoms. The van der Waals surface area contributed by atoms with Crippen LogP contribution in [0.25, 0.3) is 5.53 Å². The van der Waals surface area contributed by atoms with Crippen LogP contribution in [0.4, 0.5) is 0 Å². The van der Waals surface area contributed by atoms with Gasteiger partial charge < -0.3 is 9.95 Å². The van der Waals surface area contributed by atoms with Gasteiger partial charge in [-0.1, -0.05) is 0 Å². The minimum absolute atomic E-state index is 0.0595. The highest BCUT2D eigenvalue weighted by atomic mass is 16.3. The van der Waals surface area contributed by atoms with E-state index in [1.807, 2.05) is 0 Å². The highest BCUT2D eigenvalue weighted by Crippen LogP contribution is 2.01. The second-order valence-electron chi connectivity index (χ2n) is 1.90. The second kappa shape index (κ2) is 3.49. The number of rotatable bonds is 3. The van der Waals surface area contributed by atoms with Crippen LogP contribution < -0.4 is 0 Å². The molecule has 1 aromatic heterocycles. The third kappa shape index (κ3) is 1.88. The number of carbonyl (C=O) groups is 1. The first-order chi connectivity index (χ1) is 5.34. The van der Waals surface area contributed by atoms with Crippen LogP contribution in [0.2, 0.25) is 0 Å². The molecule has 0 aromatic carbocycles. The average molecular weight is 150 g/mol. The van der Waals surface area contributed by atoms with E-state index in [-0.39, 0.29) is 18.0 Å². The molecular formula is C7H6N2O2. The molecule has 0 aliphatic heterocycles. The number of hydrogen-bond donors (Lipinski definition) is 0. The van der Waals surface area contributed by atoms with Crippen molar-refractivity contribution in [3.63, 3.8) is 0 Å². The predicted molar refractivity (Wildman–Crippen MR) is 37.3 cm³/mol. The van der Waals surface area contributed by atoms with E-state index >= 15 is 0 Å². The first-order valence-electron chi connectivity index (χ1n) is 3.07. The van der Waals surface area contributed by atoms with Crippen LogP contribution in [0, 0.1) is 0 Å². The van der Waals surface area contributed by atoms with E-state index in [1.54, 1.807) is 12.1 Å². The van der Waals surface area contributed by atoms with Gasteiger partial charge in [0.05, 0.1) is 6.26 Å². The fourth-order valence-electron chi connectivity index (χ4n) is 0.662. The standard InChI is InChI=1S/C7H6N2O2/c8-9-4-3-6(10)7-2-1-5-11-7/h1-2,4-5H,3H2. The molecule has 0 atom stereocenters. The Balaban J connectivity index is 2.63. The summed E-state index contributed by atoms with van der Waals surface area (Å²) in [6.07, 6.45) is 2.60. The van der Waals surface area contributed by atoms with E-state index < -0.39 is 0 Å². The van der Waals surface area contributed by atoms with Crippen molar-refractivity contribution in [2.75, 3.05) is 0 Å². The molecule has 0 aliphatic rings. The maximum absolute atomic E-state index is 11.0. The average Bonchev–Trinajstić information content (AvgIpc) is 2.52. The lowest BCUT2D eigenvalue weighted by Crippen LogP contribution is -1.97. The van der Waals surface area contributed by atoms with Gasteiger partial charge in [0.2, 0.25) is 5.78 Å². The van der Waals surface area contributed by atoms with Crippen molar-refractivity contribution in [1.82, 2.24) is 0 Å². The van der Waals surface area contributed by atoms with Crippen LogP contribution in [-0.2, 0) is 0 Å². The van der Waals surface area contributed by atoms with Gasteiger partial charge in [-0.2, -0.15) is 4.79 Å². The van der Waals surface area contributed by atoms with Crippen molar-refractivity contribution in [3.8, 4) is 0 Å². The van der Waals surface area contributed by atoms with Gasteiger partial charge in [-0.25, -0.2) is 0 Å². The molecule has 0 saturated carbocycles. The molecule has 0 amide bonds. The summed E-state index contributed by atoms with van der Waals surface area (Å²) in [5.41, 5.74) is 8.00. The van der Waals surface area contributed by atoms with E-state index in [4.69, 9.17) is 9.95 Å². The van der Waals surface area contributed by atoms with Crippen molar-refractivity contribution in [2.45, 2.75) is 6.42 Å². The molecule has 0 radical (unpaired) electrons. The zero-order chi connectivity index (χ0) is 8.10. The Kier molecular flexibility index (Phi) is 2.36. The first kappa shape index (κ1) is 7.44. The summed E-state index contributed by atoms with van der Waals surface area (Å²) < 4.78 is 4.80. The highest BCUT2D eigenvalue weighted by molar-refractivity contribution is 6.00. The number of hydrogen-bond acceptors (Lipinski definition) is 2. The third-order valence-electron chi connectivity index (χ3n) is 1.15. The summed E-state index contributed by atoms with van der Waals surface area (Å²) in [6.45, 7) is 0. The van der Waals surface area contributed by atoms with Gasteiger partial charge in [0, 0.05) is 0 Å². The van der Waals surface area contributed by atoms with Gasteiger partial charge in [-0.05, 0) is 12.1 Å². The van der Waals surface area contributed by atoms with Crippen molar-refractivity contribution in [3.05, 3.63) is 29.7 Å². The van der Waals surface area contributed by atoms with E-state index in [1.165, 1.54) is 6.26 Å². The van der Waals surface area contributed by atoms with Gasteiger partial charge in [0.25, 0.3) is 6.21 Å². The van der Waals surface area contributed by atoms with Gasteiger partial charge in [0.15, 0.2) is 5.76 Å². The molecule has 4 heteroatoms. The molecule has 4 nitrogen and oxygen atoms in total. The van der Waals surface area contributed by atoms with Gasteiger partial charge in [0.1, 0.15) is 6.42 Å². The zero-order valence-electron chi connectivity index (χ0n) is 5.73. The molecule has 0 fully saturated rings. The molecule has 0 aliphatic carbocycles. The SMILES string of the molecule is [N-]=[N+]=CCC(=O)c1ccco1. The molecule has 56 valence electrons. The largest absolute Gasteiger partial charge is 0.461 e. The number of ketones is 1. The normalized spacial score (nSPS) is 8.73. The van der Waals surface area contributed by atoms with Gasteiger partial charge in [-0.15, -0.1) is 0 Å². The van der Waals surface area contributed by atoms with E-state index in [0.29, 0.717) is 0 Å². The lowest BCUT2D eigenvalue weighted by atomic mass is 10.2. The molecular weight excluding hydrogens is 144 g/mol. The maximum atomic E-state index is 11.0. The quantitative estimate of drug-likeness (QED) is 0.281. The van der Waals surface area contributed by atoms with E-state index in [2.05, 4.69) is 4.79 Å². The number of furan rings is 1. The Hall–Kier alpha value is -1.67. The Labute approximate surface area is 63.1 Å². The Bertz CT molecular complexity index is 283. The molecule has 11 heavy (non-hydrogen) atoms. The monoisotopic (exact) mass is 150 g/mol. The zero-order valence-corrected chi connectivity index (χ0v) is 5.73. The van der Waals surface area contributed by atoms with Crippen LogP contribution in [0.15, 0.2) is 22.8 Å². The van der Waals surface area contributed by atoms with Crippen LogP contribution in [0.1, 0.15) is 17.0 Å². The summed E-state index contributed by atoms with van der Waals surface area (Å²) in [5, 5.41) is 0. The van der Waals surface area contributed by atoms with Crippen molar-refractivity contribution in [2.24, 2.45) is 0 Å². The van der Waals surface area contributed by atoms with Crippen LogP contribution in [0.3, 0.4) is 0 Å². The maximum Gasteiger partial charge on any atom is 0.265 e. The fraction of sp³-hybridized carbons (Fsp3) is 0.143. The van der Waals surface area contributed by atoms with E-state index in [0.717, 1.165) is 6.21 Å². The van der Waals surface area contributed by atoms with Crippen LogP contribution in [-0.4, -0.2) is 16.8 Å². The number of carbonyl (C=O) groups excluding carboxylic acids is 1. The minimum atomic E-state index is -0.201. The van der Waals surface area contributed by atoms with Crippen LogP contribution >= 0.6 is 0 Å². The van der Waals surface area contributed by atoms with Crippen molar-refractivity contribution < 1.29 is 14.0 Å². The molecule has 1 aromatic rings. The molecule has 0 unspecified atom stereocenters. The Morgan fingerprint density at radius 2 is 2.64 bits per heavy atom. The summed E-state index contributed by atoms with van der Waals surface area (Å²) in [7, 11) is 0. The lowest BCUT2D eigenvalue weighted by Gasteiger charge is -1.84. The molecule has 1 rings (SSSR count). The molecule has 0 N–H and O–H groups in total. The van der Waals surface area contributed by atoms with Gasteiger partial charge in [-0.3, -0.25) is 4.79 Å². The summed E-state index contributed by atoms with van der Waals surface area (Å²) in [6, 6.07) is 3.19. The second-order valence-corrected chi connectivity index (χ2v) is 1.90. The lowest BCUT2D eigenvalue weighted by molar-refractivity contribution is 0.00125. The summed E-state index contributed by atoms with van der Waals surface area (Å²) >= 11 is 0. The predicted octanol–water partition coefficient (Wildman–Crippen LogP) is 1.15.